The third-order valence-electron chi connectivity index (χ3n) is 4.00. The zero-order valence-electron chi connectivity index (χ0n) is 14.9. The summed E-state index contributed by atoms with van der Waals surface area (Å²) in [6.07, 6.45) is 0. The van der Waals surface area contributed by atoms with Crippen LogP contribution in [0.2, 0.25) is 0 Å². The minimum atomic E-state index is -0.474. The highest BCUT2D eigenvalue weighted by Gasteiger charge is 2.22. The van der Waals surface area contributed by atoms with E-state index < -0.39 is 5.82 Å². The molecule has 0 unspecified atom stereocenters. The van der Waals surface area contributed by atoms with Crippen molar-refractivity contribution in [3.05, 3.63) is 47.0 Å². The van der Waals surface area contributed by atoms with Crippen LogP contribution in [0.4, 0.5) is 4.39 Å². The molecule has 0 bridgehead atoms. The first-order chi connectivity index (χ1) is 11.1. The molecule has 0 saturated carbocycles. The average molecular weight is 332 g/mol. The van der Waals surface area contributed by atoms with Gasteiger partial charge in [-0.2, -0.15) is 5.10 Å². The molecule has 0 aliphatic carbocycles. The second-order valence-corrected chi connectivity index (χ2v) is 7.03. The lowest BCUT2D eigenvalue weighted by Gasteiger charge is -2.29. The van der Waals surface area contributed by atoms with Gasteiger partial charge in [0.05, 0.1) is 5.69 Å². The number of aryl methyl sites for hydroxylation is 2. The maximum absolute atomic E-state index is 14.5. The fourth-order valence-electron chi connectivity index (χ4n) is 2.68. The minimum absolute atomic E-state index is 0.188. The van der Waals surface area contributed by atoms with Crippen LogP contribution in [0, 0.1) is 25.1 Å². The second kappa shape index (κ2) is 6.73. The molecule has 0 atom stereocenters. The van der Waals surface area contributed by atoms with Gasteiger partial charge in [0.25, 0.3) is 5.91 Å². The van der Waals surface area contributed by atoms with Gasteiger partial charge in [-0.05, 0) is 50.1 Å². The van der Waals surface area contributed by atoms with Gasteiger partial charge in [0, 0.05) is 24.8 Å². The van der Waals surface area contributed by atoms with Crippen molar-refractivity contribution in [2.24, 2.45) is 11.1 Å². The molecule has 1 amide bonds. The van der Waals surface area contributed by atoms with Crippen LogP contribution in [0.5, 0.6) is 0 Å². The molecule has 0 saturated heterocycles. The van der Waals surface area contributed by atoms with Crippen LogP contribution in [-0.4, -0.2) is 40.7 Å². The molecule has 5 nitrogen and oxygen atoms in total. The lowest BCUT2D eigenvalue weighted by atomic mass is 9.93. The molecule has 24 heavy (non-hydrogen) atoms. The van der Waals surface area contributed by atoms with E-state index in [1.807, 2.05) is 33.8 Å². The molecule has 0 aliphatic rings. The minimum Gasteiger partial charge on any atom is -0.341 e. The van der Waals surface area contributed by atoms with E-state index >= 15 is 0 Å². The van der Waals surface area contributed by atoms with E-state index in [0.29, 0.717) is 24.3 Å². The Kier molecular flexibility index (Phi) is 5.08. The third-order valence-corrected chi connectivity index (χ3v) is 4.00. The molecule has 0 radical (unpaired) electrons. The standard InChI is InChI=1S/C18H25FN4O/c1-12-8-13(2)23(21-12)16-7-6-14(9-15(16)19)17(24)22(5)11-18(3,4)10-20/h6-9H,10-11,20H2,1-5H3. The highest BCUT2D eigenvalue weighted by molar-refractivity contribution is 5.94. The van der Waals surface area contributed by atoms with Gasteiger partial charge in [0.15, 0.2) is 0 Å². The zero-order chi connectivity index (χ0) is 18.1. The van der Waals surface area contributed by atoms with E-state index in [4.69, 9.17) is 5.73 Å². The Hall–Kier alpha value is -2.21. The Bertz CT molecular complexity index is 751. The van der Waals surface area contributed by atoms with Gasteiger partial charge in [-0.1, -0.05) is 13.8 Å². The van der Waals surface area contributed by atoms with Crippen molar-refractivity contribution in [3.63, 3.8) is 0 Å². The quantitative estimate of drug-likeness (QED) is 0.915. The highest BCUT2D eigenvalue weighted by Crippen LogP contribution is 2.20. The number of carbonyl (C=O) groups excluding carboxylic acids is 1. The van der Waals surface area contributed by atoms with Crippen LogP contribution in [-0.2, 0) is 0 Å². The molecule has 2 N–H and O–H groups in total. The fraction of sp³-hybridized carbons (Fsp3) is 0.444. The van der Waals surface area contributed by atoms with E-state index in [-0.39, 0.29) is 11.3 Å². The largest absolute Gasteiger partial charge is 0.341 e. The van der Waals surface area contributed by atoms with Crippen LogP contribution in [0.3, 0.4) is 0 Å². The van der Waals surface area contributed by atoms with E-state index in [1.165, 1.54) is 6.07 Å². The summed E-state index contributed by atoms with van der Waals surface area (Å²) in [6, 6.07) is 6.36. The van der Waals surface area contributed by atoms with E-state index in [9.17, 15) is 9.18 Å². The summed E-state index contributed by atoms with van der Waals surface area (Å²) in [5.41, 5.74) is 7.83. The predicted molar refractivity (Wildman–Crippen MR) is 92.8 cm³/mol. The molecule has 0 aliphatic heterocycles. The normalized spacial score (nSPS) is 11.6. The summed E-state index contributed by atoms with van der Waals surface area (Å²) in [4.78, 5) is 14.1. The van der Waals surface area contributed by atoms with Crippen LogP contribution >= 0.6 is 0 Å². The molecule has 1 aromatic heterocycles. The molecule has 130 valence electrons. The second-order valence-electron chi connectivity index (χ2n) is 7.03. The summed E-state index contributed by atoms with van der Waals surface area (Å²) in [5.74, 6) is -0.700. The first-order valence-electron chi connectivity index (χ1n) is 7.93. The lowest BCUT2D eigenvalue weighted by molar-refractivity contribution is 0.0740. The van der Waals surface area contributed by atoms with E-state index in [2.05, 4.69) is 5.10 Å². The van der Waals surface area contributed by atoms with Gasteiger partial charge in [0.1, 0.15) is 11.5 Å². The van der Waals surface area contributed by atoms with Crippen molar-refractivity contribution in [1.82, 2.24) is 14.7 Å². The number of carbonyl (C=O) groups is 1. The maximum Gasteiger partial charge on any atom is 0.253 e. The van der Waals surface area contributed by atoms with Crippen molar-refractivity contribution >= 4 is 5.91 Å². The smallest absolute Gasteiger partial charge is 0.253 e. The molecule has 2 rings (SSSR count). The van der Waals surface area contributed by atoms with Gasteiger partial charge in [-0.3, -0.25) is 4.79 Å². The maximum atomic E-state index is 14.5. The Labute approximate surface area is 142 Å². The van der Waals surface area contributed by atoms with Gasteiger partial charge < -0.3 is 10.6 Å². The topological polar surface area (TPSA) is 64.2 Å². The Balaban J connectivity index is 2.26. The summed E-state index contributed by atoms with van der Waals surface area (Å²) in [5, 5.41) is 4.28. The molecular weight excluding hydrogens is 307 g/mol. The van der Waals surface area contributed by atoms with E-state index in [1.54, 1.807) is 28.8 Å². The summed E-state index contributed by atoms with van der Waals surface area (Å²) in [7, 11) is 1.70. The van der Waals surface area contributed by atoms with Gasteiger partial charge in [-0.25, -0.2) is 9.07 Å². The van der Waals surface area contributed by atoms with Crippen LogP contribution < -0.4 is 5.73 Å². The molecule has 2 aromatic rings. The number of hydrogen-bond donors (Lipinski definition) is 1. The van der Waals surface area contributed by atoms with Crippen LogP contribution in [0.1, 0.15) is 35.6 Å². The number of benzene rings is 1. The summed E-state index contributed by atoms with van der Waals surface area (Å²) < 4.78 is 16.0. The fourth-order valence-corrected chi connectivity index (χ4v) is 2.68. The number of hydrogen-bond acceptors (Lipinski definition) is 3. The molecule has 1 aromatic carbocycles. The van der Waals surface area contributed by atoms with Gasteiger partial charge >= 0.3 is 0 Å². The van der Waals surface area contributed by atoms with Crippen molar-refractivity contribution in [3.8, 4) is 5.69 Å². The van der Waals surface area contributed by atoms with Crippen molar-refractivity contribution < 1.29 is 9.18 Å². The van der Waals surface area contributed by atoms with Crippen molar-refractivity contribution in [2.75, 3.05) is 20.1 Å². The number of rotatable bonds is 5. The Morgan fingerprint density at radius 1 is 1.33 bits per heavy atom. The van der Waals surface area contributed by atoms with Crippen molar-refractivity contribution in [2.45, 2.75) is 27.7 Å². The van der Waals surface area contributed by atoms with Crippen molar-refractivity contribution in [1.29, 1.82) is 0 Å². The Morgan fingerprint density at radius 2 is 2.00 bits per heavy atom. The molecule has 6 heteroatoms. The summed E-state index contributed by atoms with van der Waals surface area (Å²) in [6.45, 7) is 8.67. The van der Waals surface area contributed by atoms with Gasteiger partial charge in [0.2, 0.25) is 0 Å². The van der Waals surface area contributed by atoms with Crippen LogP contribution in [0.25, 0.3) is 5.69 Å². The first kappa shape index (κ1) is 18.1. The average Bonchev–Trinajstić information content (AvgIpc) is 2.84. The SMILES string of the molecule is Cc1cc(C)n(-c2ccc(C(=O)N(C)CC(C)(C)CN)cc2F)n1. The van der Waals surface area contributed by atoms with Gasteiger partial charge in [-0.15, -0.1) is 0 Å². The number of halogens is 1. The first-order valence-corrected chi connectivity index (χ1v) is 7.93. The molecule has 0 spiro atoms. The number of amides is 1. The zero-order valence-corrected chi connectivity index (χ0v) is 14.9. The lowest BCUT2D eigenvalue weighted by Crippen LogP contribution is -2.39. The molecule has 1 heterocycles. The number of nitrogens with two attached hydrogens (primary N) is 1. The molecular formula is C18H25FN4O. The highest BCUT2D eigenvalue weighted by atomic mass is 19.1. The Morgan fingerprint density at radius 3 is 2.50 bits per heavy atom. The van der Waals surface area contributed by atoms with Crippen LogP contribution in [0.15, 0.2) is 24.3 Å². The number of aromatic nitrogens is 2. The van der Waals surface area contributed by atoms with E-state index in [0.717, 1.165) is 11.4 Å². The monoisotopic (exact) mass is 332 g/mol. The predicted octanol–water partition coefficient (Wildman–Crippen LogP) is 2.69. The molecule has 0 fully saturated rings. The number of nitrogens with zero attached hydrogens (tertiary/aromatic N) is 3. The summed E-state index contributed by atoms with van der Waals surface area (Å²) >= 11 is 0. The third kappa shape index (κ3) is 3.82.